The van der Waals surface area contributed by atoms with Gasteiger partial charge in [-0.3, -0.25) is 14.3 Å². The van der Waals surface area contributed by atoms with Gasteiger partial charge in [-0.15, -0.1) is 0 Å². The Labute approximate surface area is 116 Å². The van der Waals surface area contributed by atoms with Crippen LogP contribution in [0.2, 0.25) is 0 Å². The first-order chi connectivity index (χ1) is 9.60. The number of amides is 1. The third kappa shape index (κ3) is 3.55. The highest BCUT2D eigenvalue weighted by molar-refractivity contribution is 5.94. The maximum atomic E-state index is 12.1. The van der Waals surface area contributed by atoms with Crippen LogP contribution in [-0.4, -0.2) is 54.1 Å². The molecule has 1 aliphatic rings. The topological polar surface area (TPSA) is 94.5 Å². The first kappa shape index (κ1) is 14.5. The van der Waals surface area contributed by atoms with Crippen LogP contribution in [0.3, 0.4) is 0 Å². The zero-order valence-corrected chi connectivity index (χ0v) is 11.5. The van der Waals surface area contributed by atoms with E-state index in [-0.39, 0.29) is 18.6 Å². The average Bonchev–Trinajstić information content (AvgIpc) is 2.86. The SMILES string of the molecule is COC(=O)Cn1ccc(NC(=O)[C@H]2NCCO[C@@H]2C)n1. The molecule has 1 fully saturated rings. The average molecular weight is 282 g/mol. The number of aromatic nitrogens is 2. The van der Waals surface area contributed by atoms with Crippen molar-refractivity contribution in [2.75, 3.05) is 25.6 Å². The minimum Gasteiger partial charge on any atom is -0.468 e. The van der Waals surface area contributed by atoms with E-state index in [1.807, 2.05) is 6.92 Å². The largest absolute Gasteiger partial charge is 0.468 e. The molecule has 20 heavy (non-hydrogen) atoms. The highest BCUT2D eigenvalue weighted by Crippen LogP contribution is 2.08. The smallest absolute Gasteiger partial charge is 0.327 e. The van der Waals surface area contributed by atoms with Crippen molar-refractivity contribution in [2.24, 2.45) is 0 Å². The summed E-state index contributed by atoms with van der Waals surface area (Å²) in [6.07, 6.45) is 1.40. The number of methoxy groups -OCH3 is 1. The Hall–Kier alpha value is -1.93. The molecule has 1 aliphatic heterocycles. The van der Waals surface area contributed by atoms with Gasteiger partial charge < -0.3 is 20.1 Å². The molecule has 0 radical (unpaired) electrons. The summed E-state index contributed by atoms with van der Waals surface area (Å²) in [4.78, 5) is 23.2. The first-order valence-electron chi connectivity index (χ1n) is 6.36. The van der Waals surface area contributed by atoms with Crippen LogP contribution >= 0.6 is 0 Å². The molecule has 1 amide bonds. The van der Waals surface area contributed by atoms with Crippen LogP contribution in [0, 0.1) is 0 Å². The van der Waals surface area contributed by atoms with Gasteiger partial charge in [0.05, 0.1) is 19.8 Å². The lowest BCUT2D eigenvalue weighted by molar-refractivity contribution is -0.141. The number of carbonyl (C=O) groups is 2. The van der Waals surface area contributed by atoms with Crippen LogP contribution in [0.15, 0.2) is 12.3 Å². The monoisotopic (exact) mass is 282 g/mol. The van der Waals surface area contributed by atoms with E-state index in [1.54, 1.807) is 12.3 Å². The van der Waals surface area contributed by atoms with Crippen molar-refractivity contribution in [3.8, 4) is 0 Å². The van der Waals surface area contributed by atoms with E-state index in [4.69, 9.17) is 4.74 Å². The number of carbonyl (C=O) groups excluding carboxylic acids is 2. The number of ether oxygens (including phenoxy) is 2. The van der Waals surface area contributed by atoms with Crippen LogP contribution in [0.5, 0.6) is 0 Å². The first-order valence-corrected chi connectivity index (χ1v) is 6.36. The highest BCUT2D eigenvalue weighted by atomic mass is 16.5. The van der Waals surface area contributed by atoms with Crippen molar-refractivity contribution >= 4 is 17.7 Å². The van der Waals surface area contributed by atoms with Crippen molar-refractivity contribution in [1.82, 2.24) is 15.1 Å². The standard InChI is InChI=1S/C12H18N4O4/c1-8-11(13-4-6-20-8)12(18)14-9-3-5-16(15-9)7-10(17)19-2/h3,5,8,11,13H,4,6-7H2,1-2H3,(H,14,15,18)/t8-,11+/m1/s1. The maximum absolute atomic E-state index is 12.1. The van der Waals surface area contributed by atoms with E-state index in [0.717, 1.165) is 0 Å². The number of hydrogen-bond acceptors (Lipinski definition) is 6. The summed E-state index contributed by atoms with van der Waals surface area (Å²) in [6.45, 7) is 3.08. The Bertz CT molecular complexity index is 488. The quantitative estimate of drug-likeness (QED) is 0.714. The van der Waals surface area contributed by atoms with E-state index >= 15 is 0 Å². The van der Waals surface area contributed by atoms with Gasteiger partial charge in [0.2, 0.25) is 5.91 Å². The number of nitrogens with zero attached hydrogens (tertiary/aromatic N) is 2. The normalized spacial score (nSPS) is 22.3. The molecule has 8 heteroatoms. The maximum Gasteiger partial charge on any atom is 0.327 e. The number of nitrogens with one attached hydrogen (secondary N) is 2. The second-order valence-electron chi connectivity index (χ2n) is 4.47. The fourth-order valence-electron chi connectivity index (χ4n) is 1.94. The van der Waals surface area contributed by atoms with Crippen molar-refractivity contribution in [3.63, 3.8) is 0 Å². The fourth-order valence-corrected chi connectivity index (χ4v) is 1.94. The Kier molecular flexibility index (Phi) is 4.70. The summed E-state index contributed by atoms with van der Waals surface area (Å²) in [6, 6.07) is 1.21. The molecular weight excluding hydrogens is 264 g/mol. The summed E-state index contributed by atoms with van der Waals surface area (Å²) in [5, 5.41) is 9.85. The lowest BCUT2D eigenvalue weighted by Gasteiger charge is -2.28. The van der Waals surface area contributed by atoms with Gasteiger partial charge in [0, 0.05) is 18.8 Å². The van der Waals surface area contributed by atoms with Gasteiger partial charge in [0.25, 0.3) is 0 Å². The minimum absolute atomic E-state index is 0.00750. The third-order valence-electron chi connectivity index (χ3n) is 3.01. The Morgan fingerprint density at radius 1 is 1.65 bits per heavy atom. The molecular formula is C12H18N4O4. The summed E-state index contributed by atoms with van der Waals surface area (Å²) in [5.74, 6) is -0.221. The van der Waals surface area contributed by atoms with Crippen LogP contribution in [0.4, 0.5) is 5.82 Å². The minimum atomic E-state index is -0.408. The molecule has 1 aromatic heterocycles. The zero-order chi connectivity index (χ0) is 14.5. The van der Waals surface area contributed by atoms with E-state index in [9.17, 15) is 9.59 Å². The van der Waals surface area contributed by atoms with E-state index in [0.29, 0.717) is 19.0 Å². The fraction of sp³-hybridized carbons (Fsp3) is 0.583. The number of anilines is 1. The van der Waals surface area contributed by atoms with Crippen molar-refractivity contribution in [3.05, 3.63) is 12.3 Å². The summed E-state index contributed by atoms with van der Waals surface area (Å²) in [5.41, 5.74) is 0. The lowest BCUT2D eigenvalue weighted by atomic mass is 10.1. The number of morpholine rings is 1. The van der Waals surface area contributed by atoms with Crippen molar-refractivity contribution in [1.29, 1.82) is 0 Å². The summed E-state index contributed by atoms with van der Waals surface area (Å²) in [7, 11) is 1.31. The van der Waals surface area contributed by atoms with Crippen molar-refractivity contribution in [2.45, 2.75) is 25.6 Å². The second-order valence-corrected chi connectivity index (χ2v) is 4.47. The predicted octanol–water partition coefficient (Wildman–Crippen LogP) is -0.628. The zero-order valence-electron chi connectivity index (χ0n) is 11.5. The molecule has 2 rings (SSSR count). The molecule has 8 nitrogen and oxygen atoms in total. The van der Waals surface area contributed by atoms with Crippen molar-refractivity contribution < 1.29 is 19.1 Å². The molecule has 110 valence electrons. The van der Waals surface area contributed by atoms with Crippen LogP contribution in [-0.2, 0) is 25.6 Å². The van der Waals surface area contributed by atoms with Gasteiger partial charge in [0.1, 0.15) is 12.6 Å². The molecule has 1 saturated heterocycles. The van der Waals surface area contributed by atoms with Gasteiger partial charge in [-0.25, -0.2) is 0 Å². The highest BCUT2D eigenvalue weighted by Gasteiger charge is 2.28. The van der Waals surface area contributed by atoms with Crippen LogP contribution in [0.25, 0.3) is 0 Å². The third-order valence-corrected chi connectivity index (χ3v) is 3.01. The second kappa shape index (κ2) is 6.49. The molecule has 0 unspecified atom stereocenters. The number of esters is 1. The van der Waals surface area contributed by atoms with E-state index < -0.39 is 12.0 Å². The lowest BCUT2D eigenvalue weighted by Crippen LogP contribution is -2.53. The molecule has 2 atom stereocenters. The molecule has 2 N–H and O–H groups in total. The molecule has 0 aromatic carbocycles. The number of hydrogen-bond donors (Lipinski definition) is 2. The van der Waals surface area contributed by atoms with Gasteiger partial charge in [-0.1, -0.05) is 0 Å². The Balaban J connectivity index is 1.92. The molecule has 0 bridgehead atoms. The molecule has 1 aromatic rings. The van der Waals surface area contributed by atoms with E-state index in [2.05, 4.69) is 20.5 Å². The molecule has 2 heterocycles. The van der Waals surface area contributed by atoms with Crippen LogP contribution in [0.1, 0.15) is 6.92 Å². The summed E-state index contributed by atoms with van der Waals surface area (Å²) < 4.78 is 11.4. The van der Waals surface area contributed by atoms with Gasteiger partial charge >= 0.3 is 5.97 Å². The molecule has 0 saturated carbocycles. The molecule has 0 spiro atoms. The van der Waals surface area contributed by atoms with Crippen LogP contribution < -0.4 is 10.6 Å². The predicted molar refractivity (Wildman–Crippen MR) is 70.1 cm³/mol. The molecule has 0 aliphatic carbocycles. The Morgan fingerprint density at radius 3 is 3.15 bits per heavy atom. The summed E-state index contributed by atoms with van der Waals surface area (Å²) >= 11 is 0. The van der Waals surface area contributed by atoms with Gasteiger partial charge in [-0.2, -0.15) is 5.10 Å². The van der Waals surface area contributed by atoms with Gasteiger partial charge in [0.15, 0.2) is 5.82 Å². The van der Waals surface area contributed by atoms with E-state index in [1.165, 1.54) is 11.8 Å². The van der Waals surface area contributed by atoms with Gasteiger partial charge in [-0.05, 0) is 6.92 Å². The number of rotatable bonds is 4. The Morgan fingerprint density at radius 2 is 2.45 bits per heavy atom.